The molecule has 0 radical (unpaired) electrons. The Morgan fingerprint density at radius 2 is 2.00 bits per heavy atom. The largest absolute Gasteiger partial charge is 0.416 e. The SMILES string of the molecule is O=C1CCC(CCNCc2cccnc2)N1Cc1cccc(C(F)(F)F)c1. The lowest BCUT2D eigenvalue weighted by molar-refractivity contribution is -0.137. The van der Waals surface area contributed by atoms with Gasteiger partial charge in [-0.05, 0) is 48.7 Å². The van der Waals surface area contributed by atoms with Crippen LogP contribution in [0.2, 0.25) is 0 Å². The van der Waals surface area contributed by atoms with Gasteiger partial charge in [0.05, 0.1) is 5.56 Å². The highest BCUT2D eigenvalue weighted by atomic mass is 19.4. The molecule has 2 heterocycles. The summed E-state index contributed by atoms with van der Waals surface area (Å²) in [5.41, 5.74) is 0.913. The van der Waals surface area contributed by atoms with E-state index in [2.05, 4.69) is 10.3 Å². The van der Waals surface area contributed by atoms with E-state index < -0.39 is 11.7 Å². The van der Waals surface area contributed by atoms with Gasteiger partial charge in [0.15, 0.2) is 0 Å². The first kappa shape index (κ1) is 19.4. The molecular weight excluding hydrogens is 355 g/mol. The average molecular weight is 377 g/mol. The maximum atomic E-state index is 12.9. The lowest BCUT2D eigenvalue weighted by atomic mass is 10.1. The Balaban J connectivity index is 1.55. The summed E-state index contributed by atoms with van der Waals surface area (Å²) in [6.07, 6.45) is 1.11. The zero-order chi connectivity index (χ0) is 19.3. The van der Waals surface area contributed by atoms with Gasteiger partial charge in [0, 0.05) is 37.9 Å². The van der Waals surface area contributed by atoms with Gasteiger partial charge in [0.25, 0.3) is 0 Å². The van der Waals surface area contributed by atoms with E-state index in [1.807, 2.05) is 12.1 Å². The van der Waals surface area contributed by atoms with E-state index in [0.29, 0.717) is 18.5 Å². The van der Waals surface area contributed by atoms with E-state index in [4.69, 9.17) is 0 Å². The third-order valence-electron chi connectivity index (χ3n) is 4.77. The van der Waals surface area contributed by atoms with Crippen LogP contribution in [0.5, 0.6) is 0 Å². The number of pyridine rings is 1. The van der Waals surface area contributed by atoms with Crippen LogP contribution in [0.25, 0.3) is 0 Å². The van der Waals surface area contributed by atoms with Crippen molar-refractivity contribution in [3.8, 4) is 0 Å². The Hall–Kier alpha value is -2.41. The van der Waals surface area contributed by atoms with Crippen LogP contribution >= 0.6 is 0 Å². The van der Waals surface area contributed by atoms with Crippen molar-refractivity contribution in [1.29, 1.82) is 0 Å². The zero-order valence-electron chi connectivity index (χ0n) is 14.9. The van der Waals surface area contributed by atoms with Crippen LogP contribution in [0, 0.1) is 0 Å². The number of carbonyl (C=O) groups is 1. The molecule has 0 saturated carbocycles. The van der Waals surface area contributed by atoms with Crippen molar-refractivity contribution in [3.63, 3.8) is 0 Å². The molecule has 1 aromatic carbocycles. The van der Waals surface area contributed by atoms with Crippen molar-refractivity contribution in [3.05, 3.63) is 65.5 Å². The minimum atomic E-state index is -4.37. The van der Waals surface area contributed by atoms with Gasteiger partial charge in [-0.25, -0.2) is 0 Å². The average Bonchev–Trinajstić information content (AvgIpc) is 2.99. The number of nitrogens with zero attached hydrogens (tertiary/aromatic N) is 2. The number of aromatic nitrogens is 1. The molecule has 1 aromatic heterocycles. The summed E-state index contributed by atoms with van der Waals surface area (Å²) >= 11 is 0. The molecule has 0 aliphatic carbocycles. The molecule has 0 spiro atoms. The number of rotatable bonds is 7. The number of alkyl halides is 3. The smallest absolute Gasteiger partial charge is 0.335 e. The molecule has 0 bridgehead atoms. The molecule has 1 N–H and O–H groups in total. The molecule has 7 heteroatoms. The summed E-state index contributed by atoms with van der Waals surface area (Å²) in [6.45, 7) is 1.64. The van der Waals surface area contributed by atoms with Crippen LogP contribution in [0.4, 0.5) is 13.2 Å². The quantitative estimate of drug-likeness (QED) is 0.747. The number of carbonyl (C=O) groups excluding carboxylic acids is 1. The summed E-state index contributed by atoms with van der Waals surface area (Å²) in [5, 5.41) is 3.33. The Morgan fingerprint density at radius 3 is 2.74 bits per heavy atom. The second kappa shape index (κ2) is 8.52. The number of nitrogens with one attached hydrogen (secondary N) is 1. The van der Waals surface area contributed by atoms with Crippen LogP contribution < -0.4 is 5.32 Å². The zero-order valence-corrected chi connectivity index (χ0v) is 14.9. The minimum absolute atomic E-state index is 0.00433. The third-order valence-corrected chi connectivity index (χ3v) is 4.77. The molecule has 1 unspecified atom stereocenters. The predicted octanol–water partition coefficient (Wildman–Crippen LogP) is 3.77. The fourth-order valence-electron chi connectivity index (χ4n) is 3.36. The van der Waals surface area contributed by atoms with Crippen molar-refractivity contribution in [2.24, 2.45) is 0 Å². The molecule has 1 amide bonds. The number of hydrogen-bond acceptors (Lipinski definition) is 3. The number of hydrogen-bond donors (Lipinski definition) is 1. The van der Waals surface area contributed by atoms with Crippen molar-refractivity contribution >= 4 is 5.91 Å². The van der Waals surface area contributed by atoms with Crippen molar-refractivity contribution in [1.82, 2.24) is 15.2 Å². The molecule has 1 atom stereocenters. The Labute approximate surface area is 156 Å². The molecule has 144 valence electrons. The van der Waals surface area contributed by atoms with E-state index in [9.17, 15) is 18.0 Å². The van der Waals surface area contributed by atoms with E-state index >= 15 is 0 Å². The number of likely N-dealkylation sites (tertiary alicyclic amines) is 1. The maximum absolute atomic E-state index is 12.9. The van der Waals surface area contributed by atoms with Gasteiger partial charge in [-0.3, -0.25) is 9.78 Å². The summed E-state index contributed by atoms with van der Waals surface area (Å²) in [6, 6.07) is 9.12. The Bertz CT molecular complexity index is 765. The third kappa shape index (κ3) is 5.29. The van der Waals surface area contributed by atoms with E-state index in [0.717, 1.165) is 37.1 Å². The first-order valence-electron chi connectivity index (χ1n) is 8.99. The monoisotopic (exact) mass is 377 g/mol. The van der Waals surface area contributed by atoms with Gasteiger partial charge >= 0.3 is 6.18 Å². The molecule has 1 fully saturated rings. The minimum Gasteiger partial charge on any atom is -0.335 e. The van der Waals surface area contributed by atoms with E-state index in [-0.39, 0.29) is 18.5 Å². The van der Waals surface area contributed by atoms with Crippen molar-refractivity contribution < 1.29 is 18.0 Å². The fourth-order valence-corrected chi connectivity index (χ4v) is 3.36. The highest BCUT2D eigenvalue weighted by molar-refractivity contribution is 5.78. The molecular formula is C20H22F3N3O. The van der Waals surface area contributed by atoms with Crippen LogP contribution in [0.15, 0.2) is 48.8 Å². The number of amides is 1. The summed E-state index contributed by atoms with van der Waals surface area (Å²) < 4.78 is 38.7. The molecule has 1 aliphatic heterocycles. The van der Waals surface area contributed by atoms with Gasteiger partial charge in [-0.2, -0.15) is 13.2 Å². The highest BCUT2D eigenvalue weighted by Crippen LogP contribution is 2.30. The first-order valence-corrected chi connectivity index (χ1v) is 8.99. The topological polar surface area (TPSA) is 45.2 Å². The molecule has 1 saturated heterocycles. The van der Waals surface area contributed by atoms with Crippen molar-refractivity contribution in [2.75, 3.05) is 6.54 Å². The summed E-state index contributed by atoms with van der Waals surface area (Å²) in [4.78, 5) is 18.0. The van der Waals surface area contributed by atoms with Gasteiger partial charge in [0.2, 0.25) is 5.91 Å². The molecule has 4 nitrogen and oxygen atoms in total. The predicted molar refractivity (Wildman–Crippen MR) is 95.6 cm³/mol. The first-order chi connectivity index (χ1) is 12.9. The molecule has 2 aromatic rings. The molecule has 1 aliphatic rings. The maximum Gasteiger partial charge on any atom is 0.416 e. The normalized spacial score (nSPS) is 17.5. The van der Waals surface area contributed by atoms with E-state index in [1.54, 1.807) is 23.4 Å². The van der Waals surface area contributed by atoms with Crippen LogP contribution in [0.1, 0.15) is 36.0 Å². The van der Waals surface area contributed by atoms with Gasteiger partial charge in [-0.1, -0.05) is 18.2 Å². The lowest BCUT2D eigenvalue weighted by Gasteiger charge is -2.25. The molecule has 27 heavy (non-hydrogen) atoms. The van der Waals surface area contributed by atoms with Gasteiger partial charge in [-0.15, -0.1) is 0 Å². The summed E-state index contributed by atoms with van der Waals surface area (Å²) in [7, 11) is 0. The lowest BCUT2D eigenvalue weighted by Crippen LogP contribution is -2.34. The van der Waals surface area contributed by atoms with E-state index in [1.165, 1.54) is 6.07 Å². The second-order valence-electron chi connectivity index (χ2n) is 6.74. The van der Waals surface area contributed by atoms with Crippen LogP contribution in [-0.4, -0.2) is 28.4 Å². The Kier molecular flexibility index (Phi) is 6.11. The Morgan fingerprint density at radius 1 is 1.19 bits per heavy atom. The summed E-state index contributed by atoms with van der Waals surface area (Å²) in [5.74, 6) is 0.00433. The van der Waals surface area contributed by atoms with Gasteiger partial charge < -0.3 is 10.2 Å². The van der Waals surface area contributed by atoms with Gasteiger partial charge in [0.1, 0.15) is 0 Å². The highest BCUT2D eigenvalue weighted by Gasteiger charge is 2.32. The van der Waals surface area contributed by atoms with Crippen LogP contribution in [-0.2, 0) is 24.1 Å². The fraction of sp³-hybridized carbons (Fsp3) is 0.400. The molecule has 3 rings (SSSR count). The van der Waals surface area contributed by atoms with Crippen LogP contribution in [0.3, 0.4) is 0 Å². The second-order valence-corrected chi connectivity index (χ2v) is 6.74. The van der Waals surface area contributed by atoms with Crippen molar-refractivity contribution in [2.45, 2.75) is 44.6 Å². The number of benzene rings is 1. The number of halogens is 3. The standard InChI is InChI=1S/C20H22F3N3O/c21-20(22,23)17-5-1-3-15(11-17)14-26-18(6-7-19(26)27)8-10-25-13-16-4-2-9-24-12-16/h1-5,9,11-12,18,25H,6-8,10,13-14H2.